The van der Waals surface area contributed by atoms with Crippen molar-refractivity contribution >= 4 is 29.2 Å². The molecule has 1 atom stereocenters. The number of alkyl halides is 3. The van der Waals surface area contributed by atoms with Crippen LogP contribution in [0.15, 0.2) is 36.4 Å². The van der Waals surface area contributed by atoms with E-state index in [1.54, 1.807) is 23.6 Å². The zero-order valence-corrected chi connectivity index (χ0v) is 19.8. The third-order valence-corrected chi connectivity index (χ3v) is 6.26. The number of aliphatic hydroxyl groups excluding tert-OH is 1. The van der Waals surface area contributed by atoms with Gasteiger partial charge in [0.05, 0.1) is 12.3 Å². The van der Waals surface area contributed by atoms with Crippen molar-refractivity contribution in [3.63, 3.8) is 0 Å². The molecular formula is C23H26F3N7O4. The molecule has 14 heteroatoms. The Kier molecular flexibility index (Phi) is 6.97. The third kappa shape index (κ3) is 5.29. The van der Waals surface area contributed by atoms with E-state index in [4.69, 9.17) is 10.8 Å². The van der Waals surface area contributed by atoms with Crippen LogP contribution in [0.25, 0.3) is 5.65 Å². The number of aryl methyl sites for hydroxylation is 1. The normalized spacial score (nSPS) is 16.4. The summed E-state index contributed by atoms with van der Waals surface area (Å²) in [5, 5.41) is 28.8. The number of anilines is 2. The minimum absolute atomic E-state index is 0.0254. The number of primary amides is 1. The molecule has 2 aromatic heterocycles. The second kappa shape index (κ2) is 9.86. The van der Waals surface area contributed by atoms with E-state index in [0.717, 1.165) is 24.3 Å². The van der Waals surface area contributed by atoms with E-state index in [9.17, 15) is 27.9 Å². The Morgan fingerprint density at radius 1 is 1.16 bits per heavy atom. The number of hydrogen-bond acceptors (Lipinski definition) is 7. The fourth-order valence-corrected chi connectivity index (χ4v) is 4.25. The molecule has 1 aliphatic rings. The molecule has 11 nitrogen and oxygen atoms in total. The number of aromatic nitrogens is 3. The highest BCUT2D eigenvalue weighted by molar-refractivity contribution is 6.04. The lowest BCUT2D eigenvalue weighted by molar-refractivity contribution is -0.277. The minimum Gasteiger partial charge on any atom is -0.393 e. The van der Waals surface area contributed by atoms with Crippen molar-refractivity contribution in [2.75, 3.05) is 29.9 Å². The highest BCUT2D eigenvalue weighted by Crippen LogP contribution is 2.38. The molecule has 1 fully saturated rings. The van der Waals surface area contributed by atoms with Crippen molar-refractivity contribution in [2.24, 2.45) is 5.73 Å². The summed E-state index contributed by atoms with van der Waals surface area (Å²) >= 11 is 0. The fourth-order valence-electron chi connectivity index (χ4n) is 4.25. The first-order valence-corrected chi connectivity index (χ1v) is 11.4. The molecule has 0 saturated carbocycles. The van der Waals surface area contributed by atoms with Gasteiger partial charge in [-0.3, -0.25) is 4.79 Å². The van der Waals surface area contributed by atoms with Gasteiger partial charge in [-0.25, -0.2) is 9.78 Å². The first-order valence-electron chi connectivity index (χ1n) is 11.4. The molecule has 0 unspecified atom stereocenters. The summed E-state index contributed by atoms with van der Waals surface area (Å²) in [5.41, 5.74) is 2.40. The average molecular weight is 522 g/mol. The van der Waals surface area contributed by atoms with Crippen LogP contribution in [0.2, 0.25) is 0 Å². The molecule has 1 aliphatic heterocycles. The van der Waals surface area contributed by atoms with Crippen molar-refractivity contribution in [1.82, 2.24) is 19.9 Å². The number of amides is 3. The summed E-state index contributed by atoms with van der Waals surface area (Å²) in [7, 11) is 0. The Balaban J connectivity index is 1.56. The molecule has 37 heavy (non-hydrogen) atoms. The van der Waals surface area contributed by atoms with Gasteiger partial charge in [-0.1, -0.05) is 12.1 Å². The number of nitrogens with zero attached hydrogens (tertiary/aromatic N) is 4. The number of nitrogens with one attached hydrogen (secondary N) is 2. The van der Waals surface area contributed by atoms with Gasteiger partial charge in [-0.15, -0.1) is 0 Å². The first kappa shape index (κ1) is 26.2. The number of rotatable bonds is 6. The number of benzene rings is 1. The van der Waals surface area contributed by atoms with Crippen LogP contribution in [-0.2, 0) is 5.60 Å². The Morgan fingerprint density at radius 3 is 2.38 bits per heavy atom. The number of hydrogen-bond donors (Lipinski definition) is 5. The number of urea groups is 1. The van der Waals surface area contributed by atoms with Gasteiger partial charge in [0.1, 0.15) is 11.6 Å². The van der Waals surface area contributed by atoms with Crippen LogP contribution in [0.4, 0.5) is 29.6 Å². The first-order chi connectivity index (χ1) is 17.4. The molecule has 0 aliphatic carbocycles. The number of aliphatic hydroxyl groups is 2. The maximum absolute atomic E-state index is 13.2. The summed E-state index contributed by atoms with van der Waals surface area (Å²) in [5.74, 6) is 0.241. The van der Waals surface area contributed by atoms with E-state index in [1.165, 1.54) is 0 Å². The Hall–Kier alpha value is -3.91. The van der Waals surface area contributed by atoms with E-state index in [0.29, 0.717) is 43.1 Å². The molecule has 0 spiro atoms. The van der Waals surface area contributed by atoms with Crippen molar-refractivity contribution in [1.29, 1.82) is 0 Å². The molecule has 6 N–H and O–H groups in total. The molecule has 3 amide bonds. The highest BCUT2D eigenvalue weighted by Gasteiger charge is 2.54. The van der Waals surface area contributed by atoms with E-state index < -0.39 is 35.9 Å². The number of nitrogens with two attached hydrogens (primary N) is 1. The molecule has 4 rings (SSSR count). The van der Waals surface area contributed by atoms with Gasteiger partial charge in [0.25, 0.3) is 5.91 Å². The van der Waals surface area contributed by atoms with Crippen molar-refractivity contribution in [3.05, 3.63) is 53.2 Å². The van der Waals surface area contributed by atoms with Crippen LogP contribution in [0.5, 0.6) is 0 Å². The summed E-state index contributed by atoms with van der Waals surface area (Å²) in [6.45, 7) is 1.42. The van der Waals surface area contributed by atoms with E-state index in [2.05, 4.69) is 20.7 Å². The summed E-state index contributed by atoms with van der Waals surface area (Å²) < 4.78 is 41.3. The second-order valence-electron chi connectivity index (χ2n) is 8.87. The van der Waals surface area contributed by atoms with Gasteiger partial charge in [0.2, 0.25) is 5.60 Å². The standard InChI is InChI=1S/C23H26F3N7O4/c1-13-10-18-29-17(11-19(33(18)31-13)32-8-6-16(7-9-32)28-21(27)36)30-20(35)14-2-4-15(5-3-14)22(37,12-34)23(24,25)26/h2-5,10-11,16,34,37H,6-9,12H2,1H3,(H3,27,28,36)(H,29,30,35)/t22-/m1/s1. The van der Waals surface area contributed by atoms with E-state index in [1.807, 2.05) is 4.90 Å². The molecule has 1 saturated heterocycles. The van der Waals surface area contributed by atoms with Crippen LogP contribution in [0.3, 0.4) is 0 Å². The molecular weight excluding hydrogens is 495 g/mol. The van der Waals surface area contributed by atoms with Crippen LogP contribution in [-0.4, -0.2) is 68.7 Å². The van der Waals surface area contributed by atoms with Gasteiger partial charge < -0.3 is 31.5 Å². The monoisotopic (exact) mass is 521 g/mol. The van der Waals surface area contributed by atoms with E-state index >= 15 is 0 Å². The molecule has 0 radical (unpaired) electrons. The fraction of sp³-hybridized carbons (Fsp3) is 0.391. The number of carbonyl (C=O) groups excluding carboxylic acids is 2. The molecule has 0 bridgehead atoms. The van der Waals surface area contributed by atoms with Gasteiger partial charge in [-0.05, 0) is 37.5 Å². The van der Waals surface area contributed by atoms with Gasteiger partial charge in [0.15, 0.2) is 5.65 Å². The van der Waals surface area contributed by atoms with Crippen LogP contribution >= 0.6 is 0 Å². The smallest absolute Gasteiger partial charge is 0.393 e. The van der Waals surface area contributed by atoms with Crippen LogP contribution in [0, 0.1) is 6.92 Å². The largest absolute Gasteiger partial charge is 0.423 e. The van der Waals surface area contributed by atoms with Crippen molar-refractivity contribution in [2.45, 2.75) is 37.6 Å². The third-order valence-electron chi connectivity index (χ3n) is 6.26. The van der Waals surface area contributed by atoms with Gasteiger partial charge >= 0.3 is 12.2 Å². The number of fused-ring (bicyclic) bond motifs is 1. The van der Waals surface area contributed by atoms with Crippen LogP contribution in [0.1, 0.15) is 34.5 Å². The number of piperidine rings is 1. The topological polar surface area (TPSA) is 158 Å². The number of halogens is 3. The number of carbonyl (C=O) groups is 2. The molecule has 3 heterocycles. The van der Waals surface area contributed by atoms with Crippen molar-refractivity contribution in [3.8, 4) is 0 Å². The average Bonchev–Trinajstić information content (AvgIpc) is 3.22. The lowest BCUT2D eigenvalue weighted by Gasteiger charge is -2.33. The quantitative estimate of drug-likeness (QED) is 0.330. The lowest BCUT2D eigenvalue weighted by atomic mass is 9.93. The minimum atomic E-state index is -5.10. The summed E-state index contributed by atoms with van der Waals surface area (Å²) in [6.07, 6.45) is -3.80. The second-order valence-corrected chi connectivity index (χ2v) is 8.87. The highest BCUT2D eigenvalue weighted by atomic mass is 19.4. The zero-order chi connectivity index (χ0) is 27.0. The molecule has 1 aromatic carbocycles. The Bertz CT molecular complexity index is 1300. The van der Waals surface area contributed by atoms with E-state index in [-0.39, 0.29) is 17.4 Å². The van der Waals surface area contributed by atoms with Gasteiger partial charge in [-0.2, -0.15) is 22.8 Å². The zero-order valence-electron chi connectivity index (χ0n) is 19.8. The predicted molar refractivity (Wildman–Crippen MR) is 127 cm³/mol. The maximum Gasteiger partial charge on any atom is 0.423 e. The molecule has 198 valence electrons. The predicted octanol–water partition coefficient (Wildman–Crippen LogP) is 1.67. The Labute approximate surface area is 209 Å². The summed E-state index contributed by atoms with van der Waals surface area (Å²) in [6, 6.07) is 6.87. The lowest BCUT2D eigenvalue weighted by Crippen LogP contribution is -2.46. The van der Waals surface area contributed by atoms with Gasteiger partial charge in [0, 0.05) is 36.8 Å². The summed E-state index contributed by atoms with van der Waals surface area (Å²) in [4.78, 5) is 30.5. The van der Waals surface area contributed by atoms with Crippen molar-refractivity contribution < 1.29 is 33.0 Å². The maximum atomic E-state index is 13.2. The van der Waals surface area contributed by atoms with Crippen LogP contribution < -0.4 is 21.3 Å². The Morgan fingerprint density at radius 2 is 1.81 bits per heavy atom. The molecule has 3 aromatic rings. The SMILES string of the molecule is Cc1cc2nc(NC(=O)c3ccc([C@](O)(CO)C(F)(F)F)cc3)cc(N3CCC(NC(N)=O)CC3)n2n1.